The number of fused-ring (bicyclic) bond motifs is 1. The van der Waals surface area contributed by atoms with Gasteiger partial charge in [-0.1, -0.05) is 48.5 Å². The Labute approximate surface area is 102 Å². The predicted molar refractivity (Wildman–Crippen MR) is 71.6 cm³/mol. The van der Waals surface area contributed by atoms with Crippen LogP contribution < -0.4 is 5.32 Å². The fourth-order valence-electron chi connectivity index (χ4n) is 2.42. The van der Waals surface area contributed by atoms with Crippen LogP contribution in [0.3, 0.4) is 0 Å². The minimum absolute atomic E-state index is 0.275. The molecule has 1 heterocycles. The van der Waals surface area contributed by atoms with Crippen molar-refractivity contribution >= 4 is 6.08 Å². The third-order valence-corrected chi connectivity index (χ3v) is 3.33. The molecule has 0 radical (unpaired) electrons. The van der Waals surface area contributed by atoms with Crippen LogP contribution >= 0.6 is 0 Å². The Morgan fingerprint density at radius 1 is 0.882 bits per heavy atom. The van der Waals surface area contributed by atoms with Gasteiger partial charge in [0.1, 0.15) is 0 Å². The molecule has 1 aliphatic rings. The maximum Gasteiger partial charge on any atom is 0.0770 e. The van der Waals surface area contributed by atoms with Crippen LogP contribution in [0.25, 0.3) is 6.08 Å². The van der Waals surface area contributed by atoms with E-state index >= 15 is 0 Å². The third kappa shape index (κ3) is 1.74. The fourth-order valence-corrected chi connectivity index (χ4v) is 2.42. The van der Waals surface area contributed by atoms with Crippen molar-refractivity contribution in [2.24, 2.45) is 0 Å². The second-order valence-corrected chi connectivity index (χ2v) is 4.42. The average Bonchev–Trinajstić information content (AvgIpc) is 2.39. The van der Waals surface area contributed by atoms with E-state index in [9.17, 15) is 0 Å². The van der Waals surface area contributed by atoms with Gasteiger partial charge >= 0.3 is 0 Å². The van der Waals surface area contributed by atoms with E-state index in [1.54, 1.807) is 0 Å². The molecule has 1 nitrogen and oxygen atoms in total. The Morgan fingerprint density at radius 2 is 1.59 bits per heavy atom. The fraction of sp³-hybridized carbons (Fsp3) is 0.125. The highest BCUT2D eigenvalue weighted by atomic mass is 14.9. The van der Waals surface area contributed by atoms with Crippen molar-refractivity contribution in [1.29, 1.82) is 0 Å². The smallest absolute Gasteiger partial charge is 0.0770 e. The standard InChI is InChI=1S/C16H15N/c1-12-6-2-4-8-14(12)16-15-9-5-3-7-13(15)10-11-17-16/h2-11,16-17H,1H3/t16-/m0/s1. The van der Waals surface area contributed by atoms with Gasteiger partial charge in [-0.05, 0) is 41.5 Å². The summed E-state index contributed by atoms with van der Waals surface area (Å²) < 4.78 is 0. The topological polar surface area (TPSA) is 12.0 Å². The molecule has 0 aliphatic carbocycles. The first kappa shape index (κ1) is 10.2. The summed E-state index contributed by atoms with van der Waals surface area (Å²) in [6.07, 6.45) is 4.17. The summed E-state index contributed by atoms with van der Waals surface area (Å²) in [7, 11) is 0. The molecule has 0 bridgehead atoms. The van der Waals surface area contributed by atoms with Gasteiger partial charge in [-0.25, -0.2) is 0 Å². The van der Waals surface area contributed by atoms with E-state index in [0.29, 0.717) is 0 Å². The quantitative estimate of drug-likeness (QED) is 0.775. The molecule has 0 amide bonds. The molecule has 0 saturated heterocycles. The van der Waals surface area contributed by atoms with E-state index in [1.807, 2.05) is 6.20 Å². The van der Waals surface area contributed by atoms with E-state index in [-0.39, 0.29) is 6.04 Å². The molecule has 0 saturated carbocycles. The van der Waals surface area contributed by atoms with Crippen molar-refractivity contribution in [3.63, 3.8) is 0 Å². The molecule has 0 aromatic heterocycles. The number of hydrogen-bond donors (Lipinski definition) is 1. The molecule has 1 aliphatic heterocycles. The molecule has 0 unspecified atom stereocenters. The van der Waals surface area contributed by atoms with Gasteiger partial charge < -0.3 is 5.32 Å². The molecule has 0 fully saturated rings. The lowest BCUT2D eigenvalue weighted by molar-refractivity contribution is 0.716. The number of benzene rings is 2. The molecular weight excluding hydrogens is 206 g/mol. The van der Waals surface area contributed by atoms with Crippen molar-refractivity contribution in [2.45, 2.75) is 13.0 Å². The molecule has 84 valence electrons. The summed E-state index contributed by atoms with van der Waals surface area (Å²) in [6.45, 7) is 2.16. The van der Waals surface area contributed by atoms with Gasteiger partial charge in [-0.3, -0.25) is 0 Å². The van der Waals surface area contributed by atoms with E-state index < -0.39 is 0 Å². The minimum atomic E-state index is 0.275. The summed E-state index contributed by atoms with van der Waals surface area (Å²) in [6, 6.07) is 17.4. The molecule has 1 heteroatoms. The lowest BCUT2D eigenvalue weighted by atomic mass is 9.90. The molecule has 1 atom stereocenters. The van der Waals surface area contributed by atoms with Crippen LogP contribution in [0.2, 0.25) is 0 Å². The Morgan fingerprint density at radius 3 is 2.41 bits per heavy atom. The normalized spacial score (nSPS) is 17.4. The first-order valence-electron chi connectivity index (χ1n) is 5.93. The number of aryl methyl sites for hydroxylation is 1. The minimum Gasteiger partial charge on any atom is -0.380 e. The SMILES string of the molecule is Cc1ccccc1[C@@H]1NC=Cc2ccccc21. The van der Waals surface area contributed by atoms with Crippen LogP contribution in [0.4, 0.5) is 0 Å². The maximum atomic E-state index is 3.45. The summed E-state index contributed by atoms with van der Waals surface area (Å²) in [5.74, 6) is 0. The predicted octanol–water partition coefficient (Wildman–Crippen LogP) is 3.66. The van der Waals surface area contributed by atoms with E-state index in [2.05, 4.69) is 66.8 Å². The van der Waals surface area contributed by atoms with Crippen LogP contribution in [0.5, 0.6) is 0 Å². The lowest BCUT2D eigenvalue weighted by Gasteiger charge is -2.25. The second-order valence-electron chi connectivity index (χ2n) is 4.42. The molecule has 2 aromatic rings. The first-order valence-corrected chi connectivity index (χ1v) is 5.93. The molecule has 2 aromatic carbocycles. The van der Waals surface area contributed by atoms with Gasteiger partial charge in [0.05, 0.1) is 6.04 Å². The Bertz CT molecular complexity index is 569. The Hall–Kier alpha value is -2.02. The summed E-state index contributed by atoms with van der Waals surface area (Å²) >= 11 is 0. The largest absolute Gasteiger partial charge is 0.380 e. The Kier molecular flexibility index (Phi) is 2.45. The van der Waals surface area contributed by atoms with Gasteiger partial charge in [0.2, 0.25) is 0 Å². The van der Waals surface area contributed by atoms with Gasteiger partial charge in [0.25, 0.3) is 0 Å². The lowest BCUT2D eigenvalue weighted by Crippen LogP contribution is -2.21. The second kappa shape index (κ2) is 4.10. The third-order valence-electron chi connectivity index (χ3n) is 3.33. The highest BCUT2D eigenvalue weighted by molar-refractivity contribution is 5.59. The van der Waals surface area contributed by atoms with Gasteiger partial charge in [-0.15, -0.1) is 0 Å². The van der Waals surface area contributed by atoms with Gasteiger partial charge in [-0.2, -0.15) is 0 Å². The van der Waals surface area contributed by atoms with E-state index in [4.69, 9.17) is 0 Å². The van der Waals surface area contributed by atoms with Gasteiger partial charge in [0, 0.05) is 0 Å². The molecule has 17 heavy (non-hydrogen) atoms. The monoisotopic (exact) mass is 221 g/mol. The zero-order valence-electron chi connectivity index (χ0n) is 9.85. The van der Waals surface area contributed by atoms with Crippen molar-refractivity contribution < 1.29 is 0 Å². The van der Waals surface area contributed by atoms with Crippen LogP contribution in [0.1, 0.15) is 28.3 Å². The summed E-state index contributed by atoms with van der Waals surface area (Å²) in [5.41, 5.74) is 5.34. The van der Waals surface area contributed by atoms with Crippen molar-refractivity contribution in [1.82, 2.24) is 5.32 Å². The zero-order valence-corrected chi connectivity index (χ0v) is 9.85. The molecule has 0 spiro atoms. The summed E-state index contributed by atoms with van der Waals surface area (Å²) in [4.78, 5) is 0. The number of hydrogen-bond acceptors (Lipinski definition) is 1. The molecular formula is C16H15N. The van der Waals surface area contributed by atoms with Crippen LogP contribution in [0, 0.1) is 6.92 Å². The van der Waals surface area contributed by atoms with Gasteiger partial charge in [0.15, 0.2) is 0 Å². The number of nitrogens with one attached hydrogen (secondary N) is 1. The molecule has 1 N–H and O–H groups in total. The van der Waals surface area contributed by atoms with Crippen LogP contribution in [-0.2, 0) is 0 Å². The highest BCUT2D eigenvalue weighted by Gasteiger charge is 2.18. The van der Waals surface area contributed by atoms with Crippen molar-refractivity contribution in [2.75, 3.05) is 0 Å². The first-order chi connectivity index (χ1) is 8.36. The van der Waals surface area contributed by atoms with Crippen molar-refractivity contribution in [3.05, 3.63) is 77.0 Å². The Balaban J connectivity index is 2.12. The van der Waals surface area contributed by atoms with Crippen molar-refractivity contribution in [3.8, 4) is 0 Å². The van der Waals surface area contributed by atoms with E-state index in [1.165, 1.54) is 22.3 Å². The van der Waals surface area contributed by atoms with Crippen LogP contribution in [0.15, 0.2) is 54.7 Å². The number of rotatable bonds is 1. The highest BCUT2D eigenvalue weighted by Crippen LogP contribution is 2.30. The zero-order chi connectivity index (χ0) is 11.7. The molecule has 3 rings (SSSR count). The van der Waals surface area contributed by atoms with E-state index in [0.717, 1.165) is 0 Å². The summed E-state index contributed by atoms with van der Waals surface area (Å²) in [5, 5.41) is 3.45. The van der Waals surface area contributed by atoms with Crippen LogP contribution in [-0.4, -0.2) is 0 Å². The average molecular weight is 221 g/mol. The maximum absolute atomic E-state index is 3.45.